The van der Waals surface area contributed by atoms with Gasteiger partial charge >= 0.3 is 0 Å². The minimum Gasteiger partial charge on any atom is -0.454 e. The largest absolute Gasteiger partial charge is 0.454 e. The number of halogens is 1. The Labute approximate surface area is 86.7 Å². The summed E-state index contributed by atoms with van der Waals surface area (Å²) in [5.74, 6) is 1.48. The summed E-state index contributed by atoms with van der Waals surface area (Å²) in [6.07, 6.45) is 1.93. The molecule has 3 rings (SSSR count). The van der Waals surface area contributed by atoms with Crippen LogP contribution >= 0.6 is 11.6 Å². The fraction of sp³-hybridized carbons (Fsp3) is 0.400. The molecule has 1 heterocycles. The van der Waals surface area contributed by atoms with Gasteiger partial charge in [-0.1, -0.05) is 11.6 Å². The highest BCUT2D eigenvalue weighted by Crippen LogP contribution is 2.53. The molecule has 74 valence electrons. The van der Waals surface area contributed by atoms with E-state index < -0.39 is 0 Å². The molecular weight excluding hydrogens is 202 g/mol. The summed E-state index contributed by atoms with van der Waals surface area (Å²) in [6.45, 7) is 0.263. The van der Waals surface area contributed by atoms with Crippen LogP contribution in [0, 0.1) is 0 Å². The minimum absolute atomic E-state index is 0.263. The Bertz CT molecular complexity index is 401. The predicted octanol–water partition coefficient (Wildman–Crippen LogP) is 2.02. The first kappa shape index (κ1) is 8.38. The molecule has 1 aliphatic carbocycles. The fourth-order valence-electron chi connectivity index (χ4n) is 1.80. The lowest BCUT2D eigenvalue weighted by atomic mass is 10.0. The van der Waals surface area contributed by atoms with Crippen molar-refractivity contribution in [1.29, 1.82) is 0 Å². The van der Waals surface area contributed by atoms with Crippen LogP contribution < -0.4 is 15.2 Å². The van der Waals surface area contributed by atoms with Crippen LogP contribution in [0.3, 0.4) is 0 Å². The molecule has 0 spiro atoms. The van der Waals surface area contributed by atoms with Crippen molar-refractivity contribution in [3.63, 3.8) is 0 Å². The van der Waals surface area contributed by atoms with Crippen molar-refractivity contribution in [2.75, 3.05) is 6.79 Å². The number of benzene rings is 1. The zero-order chi connectivity index (χ0) is 9.76. The molecule has 0 amide bonds. The molecule has 14 heavy (non-hydrogen) atoms. The Morgan fingerprint density at radius 2 is 2.07 bits per heavy atom. The second-order valence-corrected chi connectivity index (χ2v) is 4.22. The number of fused-ring (bicyclic) bond motifs is 1. The van der Waals surface area contributed by atoms with Gasteiger partial charge in [0, 0.05) is 16.1 Å². The van der Waals surface area contributed by atoms with Gasteiger partial charge in [-0.05, 0) is 25.0 Å². The topological polar surface area (TPSA) is 44.5 Å². The van der Waals surface area contributed by atoms with Crippen molar-refractivity contribution in [2.24, 2.45) is 5.73 Å². The first-order chi connectivity index (χ1) is 6.71. The SMILES string of the molecule is NC1(c2c(Cl)ccc3c2OCO3)CC1. The summed E-state index contributed by atoms with van der Waals surface area (Å²) in [5.41, 5.74) is 6.75. The molecule has 0 atom stereocenters. The van der Waals surface area contributed by atoms with Gasteiger partial charge in [-0.2, -0.15) is 0 Å². The summed E-state index contributed by atoms with van der Waals surface area (Å²) in [4.78, 5) is 0. The predicted molar refractivity (Wildman–Crippen MR) is 52.7 cm³/mol. The maximum absolute atomic E-state index is 6.12. The molecule has 0 saturated heterocycles. The lowest BCUT2D eigenvalue weighted by molar-refractivity contribution is 0.173. The fourth-order valence-corrected chi connectivity index (χ4v) is 2.13. The highest BCUT2D eigenvalue weighted by atomic mass is 35.5. The second kappa shape index (κ2) is 2.55. The smallest absolute Gasteiger partial charge is 0.231 e. The molecular formula is C10H10ClNO2. The first-order valence-electron chi connectivity index (χ1n) is 4.58. The quantitative estimate of drug-likeness (QED) is 0.773. The molecule has 2 aliphatic rings. The highest BCUT2D eigenvalue weighted by molar-refractivity contribution is 6.31. The van der Waals surface area contributed by atoms with E-state index in [1.807, 2.05) is 12.1 Å². The molecule has 2 N–H and O–H groups in total. The van der Waals surface area contributed by atoms with Crippen molar-refractivity contribution in [2.45, 2.75) is 18.4 Å². The van der Waals surface area contributed by atoms with Crippen LogP contribution in [-0.4, -0.2) is 6.79 Å². The first-order valence-corrected chi connectivity index (χ1v) is 4.96. The van der Waals surface area contributed by atoms with Crippen molar-refractivity contribution < 1.29 is 9.47 Å². The lowest BCUT2D eigenvalue weighted by Crippen LogP contribution is -2.19. The number of nitrogens with two attached hydrogens (primary N) is 1. The van der Waals surface area contributed by atoms with Crippen molar-refractivity contribution in [3.8, 4) is 11.5 Å². The molecule has 4 heteroatoms. The van der Waals surface area contributed by atoms with Crippen LogP contribution in [0.15, 0.2) is 12.1 Å². The standard InChI is InChI=1S/C10H10ClNO2/c11-6-1-2-7-9(14-5-13-7)8(6)10(12)3-4-10/h1-2H,3-5,12H2. The summed E-state index contributed by atoms with van der Waals surface area (Å²) >= 11 is 6.12. The van der Waals surface area contributed by atoms with Gasteiger partial charge in [-0.15, -0.1) is 0 Å². The van der Waals surface area contributed by atoms with Gasteiger partial charge in [-0.25, -0.2) is 0 Å². The Hall–Kier alpha value is -0.930. The van der Waals surface area contributed by atoms with Crippen molar-refractivity contribution >= 4 is 11.6 Å². The van der Waals surface area contributed by atoms with E-state index in [9.17, 15) is 0 Å². The highest BCUT2D eigenvalue weighted by Gasteiger charge is 2.45. The maximum atomic E-state index is 6.12. The Balaban J connectivity index is 2.21. The number of hydrogen-bond donors (Lipinski definition) is 1. The van der Waals surface area contributed by atoms with Crippen LogP contribution in [0.1, 0.15) is 18.4 Å². The normalized spacial score (nSPS) is 21.0. The van der Waals surface area contributed by atoms with Gasteiger partial charge in [-0.3, -0.25) is 0 Å². The second-order valence-electron chi connectivity index (χ2n) is 3.81. The summed E-state index contributed by atoms with van der Waals surface area (Å²) in [7, 11) is 0. The Kier molecular flexibility index (Phi) is 1.53. The minimum atomic E-state index is -0.282. The summed E-state index contributed by atoms with van der Waals surface area (Å²) < 4.78 is 10.7. The van der Waals surface area contributed by atoms with Gasteiger partial charge in [0.1, 0.15) is 0 Å². The lowest BCUT2D eigenvalue weighted by Gasteiger charge is -2.13. The molecule has 1 aliphatic heterocycles. The molecule has 3 nitrogen and oxygen atoms in total. The maximum Gasteiger partial charge on any atom is 0.231 e. The molecule has 0 radical (unpaired) electrons. The van der Waals surface area contributed by atoms with Gasteiger partial charge in [0.25, 0.3) is 0 Å². The van der Waals surface area contributed by atoms with E-state index in [0.29, 0.717) is 5.02 Å². The van der Waals surface area contributed by atoms with Crippen LogP contribution in [0.25, 0.3) is 0 Å². The third-order valence-electron chi connectivity index (χ3n) is 2.77. The van der Waals surface area contributed by atoms with Gasteiger partial charge in [0.15, 0.2) is 11.5 Å². The molecule has 0 bridgehead atoms. The van der Waals surface area contributed by atoms with Crippen LogP contribution in [-0.2, 0) is 5.54 Å². The molecule has 1 aromatic carbocycles. The zero-order valence-corrected chi connectivity index (χ0v) is 8.30. The number of ether oxygens (including phenoxy) is 2. The van der Waals surface area contributed by atoms with Gasteiger partial charge < -0.3 is 15.2 Å². The van der Waals surface area contributed by atoms with Gasteiger partial charge in [0.2, 0.25) is 6.79 Å². The summed E-state index contributed by atoms with van der Waals surface area (Å²) in [6, 6.07) is 3.64. The molecule has 1 fully saturated rings. The van der Waals surface area contributed by atoms with Crippen LogP contribution in [0.2, 0.25) is 5.02 Å². The zero-order valence-electron chi connectivity index (χ0n) is 7.55. The van der Waals surface area contributed by atoms with Crippen molar-refractivity contribution in [1.82, 2.24) is 0 Å². The average Bonchev–Trinajstić information content (AvgIpc) is 2.74. The number of rotatable bonds is 1. The van der Waals surface area contributed by atoms with Crippen LogP contribution in [0.5, 0.6) is 11.5 Å². The van der Waals surface area contributed by atoms with E-state index in [1.54, 1.807) is 0 Å². The Morgan fingerprint density at radius 1 is 1.29 bits per heavy atom. The number of hydrogen-bond acceptors (Lipinski definition) is 3. The monoisotopic (exact) mass is 211 g/mol. The third kappa shape index (κ3) is 1.03. The van der Waals surface area contributed by atoms with E-state index in [-0.39, 0.29) is 12.3 Å². The van der Waals surface area contributed by atoms with Gasteiger partial charge in [0.05, 0.1) is 0 Å². The summed E-state index contributed by atoms with van der Waals surface area (Å²) in [5, 5.41) is 0.675. The van der Waals surface area contributed by atoms with Crippen LogP contribution in [0.4, 0.5) is 0 Å². The molecule has 0 unspecified atom stereocenters. The average molecular weight is 212 g/mol. The molecule has 1 aromatic rings. The van der Waals surface area contributed by atoms with E-state index in [4.69, 9.17) is 26.8 Å². The van der Waals surface area contributed by atoms with E-state index in [0.717, 1.165) is 29.9 Å². The van der Waals surface area contributed by atoms with Crippen molar-refractivity contribution in [3.05, 3.63) is 22.7 Å². The van der Waals surface area contributed by atoms with E-state index in [2.05, 4.69) is 0 Å². The van der Waals surface area contributed by atoms with E-state index >= 15 is 0 Å². The third-order valence-corrected chi connectivity index (χ3v) is 3.09. The molecule has 1 saturated carbocycles. The van der Waals surface area contributed by atoms with E-state index in [1.165, 1.54) is 0 Å². The Morgan fingerprint density at radius 3 is 2.79 bits per heavy atom. The molecule has 0 aromatic heterocycles.